The van der Waals surface area contributed by atoms with E-state index in [1.54, 1.807) is 36.4 Å². The molecule has 340 valence electrons. The Labute approximate surface area is 379 Å². The summed E-state index contributed by atoms with van der Waals surface area (Å²) in [7, 11) is 0. The van der Waals surface area contributed by atoms with Crippen LogP contribution in [0.1, 0.15) is 46.0 Å². The van der Waals surface area contributed by atoms with Crippen LogP contribution in [0.25, 0.3) is 44.3 Å². The maximum absolute atomic E-state index is 13.2. The molecule has 21 heteroatoms. The third-order valence-corrected chi connectivity index (χ3v) is 9.12. The number of ether oxygens (including phenoxy) is 2. The minimum atomic E-state index is -4.54. The second-order valence-electron chi connectivity index (χ2n) is 13.7. The molecule has 0 atom stereocenters. The van der Waals surface area contributed by atoms with Crippen molar-refractivity contribution in [1.29, 1.82) is 0 Å². The van der Waals surface area contributed by atoms with Gasteiger partial charge in [0.25, 0.3) is 11.1 Å². The van der Waals surface area contributed by atoms with Crippen LogP contribution in [0.2, 0.25) is 0 Å². The van der Waals surface area contributed by atoms with E-state index in [9.17, 15) is 45.5 Å². The van der Waals surface area contributed by atoms with Crippen LogP contribution >= 0.6 is 11.6 Å². The lowest BCUT2D eigenvalue weighted by molar-refractivity contribution is -0.138. The van der Waals surface area contributed by atoms with Crippen LogP contribution in [-0.2, 0) is 21.9 Å². The van der Waals surface area contributed by atoms with Crippen molar-refractivity contribution in [3.8, 4) is 34.0 Å². The summed E-state index contributed by atoms with van der Waals surface area (Å²) in [6, 6.07) is 22.0. The Morgan fingerprint density at radius 3 is 1.51 bits per heavy atom. The number of rotatable bonds is 7. The smallest absolute Gasteiger partial charge is 0.416 e. The van der Waals surface area contributed by atoms with E-state index in [4.69, 9.17) is 26.8 Å². The minimum absolute atomic E-state index is 0.0590. The molecule has 0 saturated carbocycles. The summed E-state index contributed by atoms with van der Waals surface area (Å²) in [5, 5.41) is 2.98. The van der Waals surface area contributed by atoms with Crippen molar-refractivity contribution in [3.63, 3.8) is 0 Å². The van der Waals surface area contributed by atoms with E-state index < -0.39 is 46.6 Å². The molecule has 8 rings (SSSR count). The third kappa shape index (κ3) is 12.5. The first-order valence-corrected chi connectivity index (χ1v) is 19.5. The maximum Gasteiger partial charge on any atom is 0.416 e. The fourth-order valence-electron chi connectivity index (χ4n) is 6.05. The average molecular weight is 941 g/mol. The summed E-state index contributed by atoms with van der Waals surface area (Å²) < 4.78 is 88.9. The van der Waals surface area contributed by atoms with Crippen molar-refractivity contribution in [2.24, 2.45) is 0 Å². The van der Waals surface area contributed by atoms with Crippen LogP contribution in [0.3, 0.4) is 0 Å². The molecule has 0 radical (unpaired) electrons. The SMILES string of the molecule is CC(=O)Oc1cc(-c2cccc(C(F)(F)F)c2)nc2c(N)cccc12.CC(=O)Oc1cc(-c2cccc(C(F)(F)F)c2)nc2c(NC(=O)c3cnccn3)cccc12.O=C(Cl)c1cnccn1. The number of aromatic nitrogens is 6. The highest BCUT2D eigenvalue weighted by Crippen LogP contribution is 2.38. The molecule has 0 fully saturated rings. The standard InChI is InChI=1S/C23H15F3N4O3.C18H13F3N2O2.C5H3ClN2O/c1-13(31)33-20-11-18(14-4-2-5-15(10-14)23(24,25)26)29-21-16(20)6-3-7-17(21)30-22(32)19-12-27-8-9-28-19;1-10(24)25-16-9-15(23-17-13(16)6-3-7-14(17)22)11-4-2-5-12(8-11)18(19,20)21;6-5(9)4-3-7-1-2-8-4/h2-12H,1H3,(H,30,32);2-9H,22H2,1H3;1-3H. The molecule has 0 aliphatic heterocycles. The first-order chi connectivity index (χ1) is 31.8. The van der Waals surface area contributed by atoms with Gasteiger partial charge in [-0.1, -0.05) is 36.4 Å². The van der Waals surface area contributed by atoms with Crippen molar-refractivity contribution in [1.82, 2.24) is 29.9 Å². The number of fused-ring (bicyclic) bond motifs is 2. The molecule has 1 amide bonds. The Kier molecular flexibility index (Phi) is 14.8. The molecule has 0 aliphatic carbocycles. The van der Waals surface area contributed by atoms with Gasteiger partial charge in [-0.05, 0) is 60.1 Å². The molecular weight excluding hydrogens is 910 g/mol. The van der Waals surface area contributed by atoms with Crippen molar-refractivity contribution >= 4 is 67.9 Å². The lowest BCUT2D eigenvalue weighted by Crippen LogP contribution is -2.14. The van der Waals surface area contributed by atoms with Crippen LogP contribution < -0.4 is 20.5 Å². The Balaban J connectivity index is 0.000000191. The maximum atomic E-state index is 13.2. The number of hydrogen-bond acceptors (Lipinski definition) is 13. The Bertz CT molecular complexity index is 3130. The molecule has 67 heavy (non-hydrogen) atoms. The zero-order chi connectivity index (χ0) is 48.5. The number of nitrogens with two attached hydrogens (primary N) is 1. The Hall–Kier alpha value is -8.39. The number of carbonyl (C=O) groups is 4. The number of esters is 2. The minimum Gasteiger partial charge on any atom is -0.426 e. The number of halogens is 7. The topological polar surface area (TPSA) is 202 Å². The largest absolute Gasteiger partial charge is 0.426 e. The van der Waals surface area contributed by atoms with Gasteiger partial charge < -0.3 is 20.5 Å². The van der Waals surface area contributed by atoms with E-state index in [-0.39, 0.29) is 56.6 Å². The molecule has 14 nitrogen and oxygen atoms in total. The van der Waals surface area contributed by atoms with Gasteiger partial charge in [0.05, 0.1) is 57.3 Å². The number of amides is 1. The second-order valence-corrected chi connectivity index (χ2v) is 14.1. The molecule has 4 aromatic carbocycles. The fourth-order valence-corrected chi connectivity index (χ4v) is 6.14. The van der Waals surface area contributed by atoms with Crippen LogP contribution in [0.15, 0.2) is 134 Å². The second kappa shape index (κ2) is 20.6. The van der Waals surface area contributed by atoms with Gasteiger partial charge in [-0.2, -0.15) is 26.3 Å². The Morgan fingerprint density at radius 1 is 0.597 bits per heavy atom. The summed E-state index contributed by atoms with van der Waals surface area (Å²) >= 11 is 5.06. The molecule has 0 bridgehead atoms. The summed E-state index contributed by atoms with van der Waals surface area (Å²) in [6.45, 7) is 2.44. The van der Waals surface area contributed by atoms with Crippen LogP contribution in [0.5, 0.6) is 11.5 Å². The molecule has 4 heterocycles. The monoisotopic (exact) mass is 940 g/mol. The van der Waals surface area contributed by atoms with Gasteiger partial charge in [0.15, 0.2) is 0 Å². The zero-order valence-corrected chi connectivity index (χ0v) is 35.3. The number of nitrogen functional groups attached to an aromatic ring is 1. The van der Waals surface area contributed by atoms with E-state index in [0.717, 1.165) is 24.3 Å². The third-order valence-electron chi connectivity index (χ3n) is 8.92. The Morgan fingerprint density at radius 2 is 1.06 bits per heavy atom. The van der Waals surface area contributed by atoms with E-state index in [0.29, 0.717) is 22.0 Å². The summed E-state index contributed by atoms with van der Waals surface area (Å²) in [4.78, 5) is 69.8. The number of alkyl halides is 6. The van der Waals surface area contributed by atoms with Crippen molar-refractivity contribution in [2.75, 3.05) is 11.1 Å². The average Bonchev–Trinajstić information content (AvgIpc) is 3.29. The number of pyridine rings is 2. The summed E-state index contributed by atoms with van der Waals surface area (Å²) in [6.07, 6.45) is -0.740. The van der Waals surface area contributed by atoms with Crippen LogP contribution in [0, 0.1) is 0 Å². The molecule has 0 unspecified atom stereocenters. The van der Waals surface area contributed by atoms with Gasteiger partial charge in [0, 0.05) is 72.7 Å². The van der Waals surface area contributed by atoms with Crippen molar-refractivity contribution in [2.45, 2.75) is 26.2 Å². The number of hydrogen-bond donors (Lipinski definition) is 2. The highest BCUT2D eigenvalue weighted by molar-refractivity contribution is 6.67. The molecule has 0 aliphatic rings. The van der Waals surface area contributed by atoms with Crippen molar-refractivity contribution in [3.05, 3.63) is 157 Å². The number of carbonyl (C=O) groups excluding carboxylic acids is 4. The molecule has 0 saturated heterocycles. The van der Waals surface area contributed by atoms with Gasteiger partial charge in [0.1, 0.15) is 22.9 Å². The summed E-state index contributed by atoms with van der Waals surface area (Å²) in [5.74, 6) is -1.44. The lowest BCUT2D eigenvalue weighted by Gasteiger charge is -2.14. The highest BCUT2D eigenvalue weighted by Gasteiger charge is 2.32. The summed E-state index contributed by atoms with van der Waals surface area (Å²) in [5.41, 5.74) is 6.45. The predicted molar refractivity (Wildman–Crippen MR) is 234 cm³/mol. The van der Waals surface area contributed by atoms with Gasteiger partial charge in [-0.15, -0.1) is 0 Å². The zero-order valence-electron chi connectivity index (χ0n) is 34.6. The van der Waals surface area contributed by atoms with Gasteiger partial charge in [-0.25, -0.2) is 19.9 Å². The van der Waals surface area contributed by atoms with E-state index in [2.05, 4.69) is 35.2 Å². The van der Waals surface area contributed by atoms with Crippen molar-refractivity contribution < 1.29 is 55.0 Å². The van der Waals surface area contributed by atoms with Gasteiger partial charge >= 0.3 is 24.3 Å². The molecular formula is C46H31ClF6N8O6. The van der Waals surface area contributed by atoms with E-state index >= 15 is 0 Å². The van der Waals surface area contributed by atoms with Gasteiger partial charge in [-0.3, -0.25) is 29.1 Å². The van der Waals surface area contributed by atoms with Crippen LogP contribution in [-0.4, -0.2) is 53.0 Å². The predicted octanol–water partition coefficient (Wildman–Crippen LogP) is 10.2. The number of benzene rings is 4. The number of nitrogens with zero attached hydrogens (tertiary/aromatic N) is 6. The van der Waals surface area contributed by atoms with E-state index in [1.807, 2.05) is 0 Å². The van der Waals surface area contributed by atoms with Gasteiger partial charge in [0.2, 0.25) is 0 Å². The molecule has 3 N–H and O–H groups in total. The normalized spacial score (nSPS) is 11.1. The van der Waals surface area contributed by atoms with E-state index in [1.165, 1.54) is 87.4 Å². The van der Waals surface area contributed by atoms with Crippen LogP contribution in [0.4, 0.5) is 37.7 Å². The highest BCUT2D eigenvalue weighted by atomic mass is 35.5. The number of anilines is 2. The molecule has 4 aromatic heterocycles. The quantitative estimate of drug-likeness (QED) is 0.0662. The fraction of sp³-hybridized carbons (Fsp3) is 0.0870. The lowest BCUT2D eigenvalue weighted by atomic mass is 10.0. The number of nitrogens with one attached hydrogen (secondary N) is 1. The molecule has 0 spiro atoms. The first kappa shape index (κ1) is 48.1. The molecule has 8 aromatic rings. The first-order valence-electron chi connectivity index (χ1n) is 19.2. The number of para-hydroxylation sites is 2.